The Kier molecular flexibility index (Phi) is 6.12. The maximum atomic E-state index is 12.3. The lowest BCUT2D eigenvalue weighted by molar-refractivity contribution is -0.128. The van der Waals surface area contributed by atoms with E-state index in [9.17, 15) is 10.1 Å². The van der Waals surface area contributed by atoms with Crippen LogP contribution in [0.2, 0.25) is 0 Å². The van der Waals surface area contributed by atoms with Crippen molar-refractivity contribution in [2.45, 2.75) is 39.3 Å². The van der Waals surface area contributed by atoms with Gasteiger partial charge in [0.1, 0.15) is 11.6 Å². The predicted octanol–water partition coefficient (Wildman–Crippen LogP) is 3.93. The fourth-order valence-electron chi connectivity index (χ4n) is 5.50. The number of aromatic nitrogens is 2. The molecule has 1 fully saturated rings. The number of benzene rings is 2. The van der Waals surface area contributed by atoms with Gasteiger partial charge >= 0.3 is 0 Å². The molecule has 1 atom stereocenters. The average molecular weight is 467 g/mol. The number of fused-ring (bicyclic) bond motifs is 2. The lowest BCUT2D eigenvalue weighted by Gasteiger charge is -2.42. The monoisotopic (exact) mass is 466 g/mol. The Labute approximate surface area is 206 Å². The zero-order valence-electron chi connectivity index (χ0n) is 20.4. The average Bonchev–Trinajstić information content (AvgIpc) is 2.87. The summed E-state index contributed by atoms with van der Waals surface area (Å²) < 4.78 is 0. The van der Waals surface area contributed by atoms with Crippen LogP contribution < -0.4 is 9.80 Å². The number of carbonyl (C=O) groups excluding carboxylic acids is 1. The maximum Gasteiger partial charge on any atom is 0.246 e. The number of aryl methyl sites for hydroxylation is 2. The van der Waals surface area contributed by atoms with Crippen LogP contribution in [0.5, 0.6) is 0 Å². The van der Waals surface area contributed by atoms with Crippen LogP contribution in [0, 0.1) is 25.2 Å². The molecule has 0 radical (unpaired) electrons. The molecule has 0 N–H and O–H groups in total. The number of piperazine rings is 1. The van der Waals surface area contributed by atoms with Crippen LogP contribution in [0.4, 0.5) is 11.5 Å². The van der Waals surface area contributed by atoms with Crippen LogP contribution in [0.25, 0.3) is 10.8 Å². The first-order chi connectivity index (χ1) is 17.0. The molecule has 1 saturated heterocycles. The standard InChI is InChI=1S/C28H30N6O/c1-4-26(35)34-16-15-33(17-22(34)11-13-29)28-23-12-14-32(18-24(23)30-20(3)31-28)25-10-6-9-21-8-5-7-19(2)27(21)25/h4-10,22H,1,11-12,14-18H2,2-3H3. The van der Waals surface area contributed by atoms with Gasteiger partial charge in [-0.1, -0.05) is 36.9 Å². The van der Waals surface area contributed by atoms with Gasteiger partial charge < -0.3 is 14.7 Å². The molecule has 0 bridgehead atoms. The fourth-order valence-corrected chi connectivity index (χ4v) is 5.50. The number of hydrogen-bond donors (Lipinski definition) is 0. The first kappa shape index (κ1) is 22.9. The molecule has 1 unspecified atom stereocenters. The Morgan fingerprint density at radius 1 is 1.14 bits per heavy atom. The topological polar surface area (TPSA) is 76.4 Å². The molecule has 3 heterocycles. The molecule has 178 valence electrons. The highest BCUT2D eigenvalue weighted by molar-refractivity contribution is 5.97. The number of amides is 1. The predicted molar refractivity (Wildman–Crippen MR) is 138 cm³/mol. The molecule has 7 nitrogen and oxygen atoms in total. The highest BCUT2D eigenvalue weighted by Gasteiger charge is 2.32. The molecule has 2 aliphatic heterocycles. The molecular formula is C28H30N6O. The zero-order chi connectivity index (χ0) is 24.5. The van der Waals surface area contributed by atoms with Gasteiger partial charge in [0, 0.05) is 42.8 Å². The van der Waals surface area contributed by atoms with E-state index in [1.54, 1.807) is 4.90 Å². The second-order valence-corrected chi connectivity index (χ2v) is 9.34. The molecule has 35 heavy (non-hydrogen) atoms. The van der Waals surface area contributed by atoms with Crippen LogP contribution in [-0.2, 0) is 17.8 Å². The third-order valence-corrected chi connectivity index (χ3v) is 7.15. The first-order valence-electron chi connectivity index (χ1n) is 12.1. The van der Waals surface area contributed by atoms with Crippen LogP contribution >= 0.6 is 0 Å². The largest absolute Gasteiger partial charge is 0.365 e. The number of carbonyl (C=O) groups is 1. The third-order valence-electron chi connectivity index (χ3n) is 7.15. The van der Waals surface area contributed by atoms with Crippen molar-refractivity contribution in [1.29, 1.82) is 5.26 Å². The lowest BCUT2D eigenvalue weighted by atomic mass is 9.99. The summed E-state index contributed by atoms with van der Waals surface area (Å²) in [4.78, 5) is 28.4. The maximum absolute atomic E-state index is 12.3. The van der Waals surface area contributed by atoms with Gasteiger partial charge in [0.05, 0.1) is 30.8 Å². The Morgan fingerprint density at radius 2 is 1.94 bits per heavy atom. The first-order valence-corrected chi connectivity index (χ1v) is 12.1. The number of anilines is 2. The van der Waals surface area contributed by atoms with Gasteiger partial charge in [0.2, 0.25) is 5.91 Å². The summed E-state index contributed by atoms with van der Waals surface area (Å²) in [5.41, 5.74) is 4.77. The van der Waals surface area contributed by atoms with E-state index in [2.05, 4.69) is 65.8 Å². The van der Waals surface area contributed by atoms with E-state index < -0.39 is 0 Å². The molecule has 2 aliphatic rings. The van der Waals surface area contributed by atoms with Crippen LogP contribution in [-0.4, -0.2) is 53.0 Å². The molecule has 2 aromatic carbocycles. The van der Waals surface area contributed by atoms with Crippen molar-refractivity contribution in [1.82, 2.24) is 14.9 Å². The van der Waals surface area contributed by atoms with E-state index in [1.165, 1.54) is 33.7 Å². The molecule has 5 rings (SSSR count). The number of rotatable bonds is 4. The molecule has 0 spiro atoms. The van der Waals surface area contributed by atoms with Crippen LogP contribution in [0.15, 0.2) is 49.1 Å². The van der Waals surface area contributed by atoms with E-state index in [4.69, 9.17) is 9.97 Å². The van der Waals surface area contributed by atoms with E-state index in [0.717, 1.165) is 36.8 Å². The highest BCUT2D eigenvalue weighted by atomic mass is 16.2. The van der Waals surface area contributed by atoms with Gasteiger partial charge in [-0.05, 0) is 43.4 Å². The van der Waals surface area contributed by atoms with Crippen molar-refractivity contribution in [3.05, 3.63) is 71.7 Å². The second kappa shape index (κ2) is 9.38. The molecular weight excluding hydrogens is 436 g/mol. The van der Waals surface area contributed by atoms with Crippen molar-refractivity contribution in [3.8, 4) is 6.07 Å². The van der Waals surface area contributed by atoms with E-state index in [0.29, 0.717) is 19.6 Å². The summed E-state index contributed by atoms with van der Waals surface area (Å²) in [5, 5.41) is 11.9. The molecule has 0 saturated carbocycles. The lowest BCUT2D eigenvalue weighted by Crippen LogP contribution is -2.55. The van der Waals surface area contributed by atoms with E-state index in [-0.39, 0.29) is 18.4 Å². The van der Waals surface area contributed by atoms with Crippen LogP contribution in [0.1, 0.15) is 29.1 Å². The summed E-state index contributed by atoms with van der Waals surface area (Å²) in [5.74, 6) is 1.58. The van der Waals surface area contributed by atoms with Gasteiger partial charge in [-0.3, -0.25) is 4.79 Å². The minimum atomic E-state index is -0.177. The fraction of sp³-hybridized carbons (Fsp3) is 0.357. The molecule has 1 amide bonds. The highest BCUT2D eigenvalue weighted by Crippen LogP contribution is 2.35. The second-order valence-electron chi connectivity index (χ2n) is 9.34. The number of nitriles is 1. The molecule has 7 heteroatoms. The van der Waals surface area contributed by atoms with Gasteiger partial charge in [-0.15, -0.1) is 0 Å². The molecule has 3 aromatic rings. The van der Waals surface area contributed by atoms with Gasteiger partial charge in [0.15, 0.2) is 0 Å². The van der Waals surface area contributed by atoms with Crippen molar-refractivity contribution >= 4 is 28.2 Å². The summed E-state index contributed by atoms with van der Waals surface area (Å²) in [6.07, 6.45) is 2.47. The van der Waals surface area contributed by atoms with Crippen molar-refractivity contribution < 1.29 is 4.79 Å². The van der Waals surface area contributed by atoms with Crippen LogP contribution in [0.3, 0.4) is 0 Å². The number of nitrogens with zero attached hydrogens (tertiary/aromatic N) is 6. The number of hydrogen-bond acceptors (Lipinski definition) is 6. The van der Waals surface area contributed by atoms with Crippen molar-refractivity contribution in [2.24, 2.45) is 0 Å². The summed E-state index contributed by atoms with van der Waals surface area (Å²) in [7, 11) is 0. The quantitative estimate of drug-likeness (QED) is 0.543. The zero-order valence-corrected chi connectivity index (χ0v) is 20.4. The Hall–Kier alpha value is -3.92. The normalized spacial score (nSPS) is 17.7. The van der Waals surface area contributed by atoms with Gasteiger partial charge in [0.25, 0.3) is 0 Å². The molecule has 1 aromatic heterocycles. The summed E-state index contributed by atoms with van der Waals surface area (Å²) >= 11 is 0. The minimum Gasteiger partial charge on any atom is -0.365 e. The Balaban J connectivity index is 1.46. The Morgan fingerprint density at radius 3 is 2.71 bits per heavy atom. The minimum absolute atomic E-state index is 0.119. The summed E-state index contributed by atoms with van der Waals surface area (Å²) in [6, 6.07) is 15.0. The SMILES string of the molecule is C=CC(=O)N1CCN(c2nc(C)nc3c2CCN(c2cccc4cccc(C)c24)C3)CC1CC#N. The van der Waals surface area contributed by atoms with Gasteiger partial charge in [-0.25, -0.2) is 9.97 Å². The Bertz CT molecular complexity index is 1340. The third kappa shape index (κ3) is 4.21. The van der Waals surface area contributed by atoms with E-state index in [1.807, 2.05) is 6.92 Å². The van der Waals surface area contributed by atoms with Gasteiger partial charge in [-0.2, -0.15) is 5.26 Å². The summed E-state index contributed by atoms with van der Waals surface area (Å²) in [6.45, 7) is 11.2. The molecule has 0 aliphatic carbocycles. The smallest absolute Gasteiger partial charge is 0.246 e. The van der Waals surface area contributed by atoms with E-state index >= 15 is 0 Å². The van der Waals surface area contributed by atoms with Crippen molar-refractivity contribution in [3.63, 3.8) is 0 Å². The van der Waals surface area contributed by atoms with Crippen molar-refractivity contribution in [2.75, 3.05) is 36.0 Å².